The lowest BCUT2D eigenvalue weighted by atomic mass is 9.99. The third kappa shape index (κ3) is 5.85. The number of amides is 2. The average molecular weight is 455 g/mol. The van der Waals surface area contributed by atoms with Gasteiger partial charge in [0, 0.05) is 19.2 Å². The van der Waals surface area contributed by atoms with Gasteiger partial charge in [-0.3, -0.25) is 25.0 Å². The van der Waals surface area contributed by atoms with Crippen LogP contribution in [0.5, 0.6) is 5.75 Å². The maximum absolute atomic E-state index is 12.4. The summed E-state index contributed by atoms with van der Waals surface area (Å²) in [7, 11) is 1.39. The highest BCUT2D eigenvalue weighted by Crippen LogP contribution is 2.32. The number of anilines is 1. The number of nitrogens with zero attached hydrogens (tertiary/aromatic N) is 2. The van der Waals surface area contributed by atoms with Crippen molar-refractivity contribution in [2.45, 2.75) is 19.8 Å². The van der Waals surface area contributed by atoms with E-state index in [-0.39, 0.29) is 22.6 Å². The lowest BCUT2D eigenvalue weighted by Crippen LogP contribution is -2.35. The fourth-order valence-electron chi connectivity index (χ4n) is 3.75. The molecule has 10 heteroatoms. The topological polar surface area (TPSA) is 128 Å². The second-order valence-electron chi connectivity index (χ2n) is 7.81. The Labute approximate surface area is 190 Å². The molecule has 10 nitrogen and oxygen atoms in total. The number of nitro groups is 1. The highest BCUT2D eigenvalue weighted by Gasteiger charge is 2.26. The summed E-state index contributed by atoms with van der Waals surface area (Å²) in [5.41, 5.74) is 0.342. The number of carbonyl (C=O) groups excluding carboxylic acids is 3. The van der Waals surface area contributed by atoms with Crippen LogP contribution in [0.3, 0.4) is 0 Å². The standard InChI is InChI=1S/C23H25N3O7/c1-15-6-5-11-25(13-15)18-10-9-16(12-19(18)26(30)31)23(29)33-14-21(27)24-22(28)17-7-3-4-8-20(17)32-2/h3-4,7-10,12,15H,5-6,11,13-14H2,1-2H3,(H,24,27,28). The predicted molar refractivity (Wildman–Crippen MR) is 119 cm³/mol. The minimum Gasteiger partial charge on any atom is -0.496 e. The zero-order chi connectivity index (χ0) is 24.0. The summed E-state index contributed by atoms with van der Waals surface area (Å²) in [4.78, 5) is 49.7. The van der Waals surface area contributed by atoms with Crippen LogP contribution in [-0.4, -0.2) is 49.5 Å². The van der Waals surface area contributed by atoms with E-state index in [0.29, 0.717) is 24.7 Å². The van der Waals surface area contributed by atoms with Gasteiger partial charge in [0.2, 0.25) is 0 Å². The van der Waals surface area contributed by atoms with Crippen molar-refractivity contribution >= 4 is 29.2 Å². The van der Waals surface area contributed by atoms with Gasteiger partial charge in [0.05, 0.1) is 23.2 Å². The second kappa shape index (κ2) is 10.6. The number of imide groups is 1. The molecule has 0 aromatic heterocycles. The van der Waals surface area contributed by atoms with Crippen molar-refractivity contribution in [1.82, 2.24) is 5.32 Å². The van der Waals surface area contributed by atoms with Crippen molar-refractivity contribution < 1.29 is 28.8 Å². The average Bonchev–Trinajstić information content (AvgIpc) is 2.82. The van der Waals surface area contributed by atoms with Gasteiger partial charge in [-0.15, -0.1) is 0 Å². The number of nitro benzene ring substituents is 1. The van der Waals surface area contributed by atoms with Crippen LogP contribution in [0, 0.1) is 16.0 Å². The van der Waals surface area contributed by atoms with Gasteiger partial charge in [-0.1, -0.05) is 19.1 Å². The van der Waals surface area contributed by atoms with Gasteiger partial charge in [0.15, 0.2) is 6.61 Å². The summed E-state index contributed by atoms with van der Waals surface area (Å²) in [6, 6.07) is 10.4. The first-order chi connectivity index (χ1) is 15.8. The minimum absolute atomic E-state index is 0.0561. The predicted octanol–water partition coefficient (Wildman–Crippen LogP) is 2.95. The molecule has 0 bridgehead atoms. The zero-order valence-electron chi connectivity index (χ0n) is 18.4. The lowest BCUT2D eigenvalue weighted by molar-refractivity contribution is -0.384. The van der Waals surface area contributed by atoms with Gasteiger partial charge < -0.3 is 14.4 Å². The molecule has 2 amide bonds. The molecule has 2 aromatic rings. The van der Waals surface area contributed by atoms with Crippen molar-refractivity contribution in [2.24, 2.45) is 5.92 Å². The second-order valence-corrected chi connectivity index (χ2v) is 7.81. The number of carbonyl (C=O) groups is 3. The number of hydrogen-bond donors (Lipinski definition) is 1. The molecule has 1 atom stereocenters. The first-order valence-corrected chi connectivity index (χ1v) is 10.5. The summed E-state index contributed by atoms with van der Waals surface area (Å²) in [6.07, 6.45) is 2.00. The summed E-state index contributed by atoms with van der Waals surface area (Å²) in [6.45, 7) is 2.77. The largest absolute Gasteiger partial charge is 0.496 e. The molecule has 0 radical (unpaired) electrons. The Balaban J connectivity index is 1.64. The molecule has 0 aliphatic carbocycles. The maximum atomic E-state index is 12.4. The number of benzene rings is 2. The molecule has 0 saturated carbocycles. The Morgan fingerprint density at radius 2 is 1.97 bits per heavy atom. The van der Waals surface area contributed by atoms with Gasteiger partial charge in [0.1, 0.15) is 11.4 Å². The van der Waals surface area contributed by atoms with Crippen LogP contribution in [-0.2, 0) is 9.53 Å². The third-order valence-electron chi connectivity index (χ3n) is 5.34. The van der Waals surface area contributed by atoms with E-state index in [0.717, 1.165) is 18.9 Å². The summed E-state index contributed by atoms with van der Waals surface area (Å²) < 4.78 is 10.0. The highest BCUT2D eigenvalue weighted by molar-refractivity contribution is 6.07. The van der Waals surface area contributed by atoms with Crippen LogP contribution in [0.15, 0.2) is 42.5 Å². The first kappa shape index (κ1) is 23.7. The van der Waals surface area contributed by atoms with Crippen LogP contribution in [0.4, 0.5) is 11.4 Å². The third-order valence-corrected chi connectivity index (χ3v) is 5.34. The first-order valence-electron chi connectivity index (χ1n) is 10.5. The van der Waals surface area contributed by atoms with E-state index in [1.807, 2.05) is 4.90 Å². The van der Waals surface area contributed by atoms with E-state index in [4.69, 9.17) is 9.47 Å². The zero-order valence-corrected chi connectivity index (χ0v) is 18.4. The van der Waals surface area contributed by atoms with Crippen molar-refractivity contribution in [3.63, 3.8) is 0 Å². The number of methoxy groups -OCH3 is 1. The molecule has 1 aliphatic rings. The van der Waals surface area contributed by atoms with Crippen molar-refractivity contribution in [2.75, 3.05) is 31.7 Å². The molecule has 1 unspecified atom stereocenters. The Hall–Kier alpha value is -3.95. The molecule has 0 spiro atoms. The molecular weight excluding hydrogens is 430 g/mol. The van der Waals surface area contributed by atoms with E-state index in [2.05, 4.69) is 12.2 Å². The number of piperidine rings is 1. The number of nitrogens with one attached hydrogen (secondary N) is 1. The van der Waals surface area contributed by atoms with Crippen LogP contribution < -0.4 is 15.0 Å². The normalized spacial score (nSPS) is 15.5. The molecule has 3 rings (SSSR count). The van der Waals surface area contributed by atoms with Crippen LogP contribution >= 0.6 is 0 Å². The smallest absolute Gasteiger partial charge is 0.338 e. The molecule has 1 fully saturated rings. The lowest BCUT2D eigenvalue weighted by Gasteiger charge is -2.32. The number of ether oxygens (including phenoxy) is 2. The Bertz CT molecular complexity index is 1070. The molecule has 1 aliphatic heterocycles. The summed E-state index contributed by atoms with van der Waals surface area (Å²) >= 11 is 0. The maximum Gasteiger partial charge on any atom is 0.338 e. The number of hydrogen-bond acceptors (Lipinski definition) is 8. The summed E-state index contributed by atoms with van der Waals surface area (Å²) in [5.74, 6) is -1.75. The molecular formula is C23H25N3O7. The fraction of sp³-hybridized carbons (Fsp3) is 0.348. The Morgan fingerprint density at radius 1 is 1.21 bits per heavy atom. The Kier molecular flexibility index (Phi) is 7.60. The quantitative estimate of drug-likeness (QED) is 0.383. The number of para-hydroxylation sites is 1. The van der Waals surface area contributed by atoms with E-state index >= 15 is 0 Å². The number of rotatable bonds is 7. The Morgan fingerprint density at radius 3 is 2.67 bits per heavy atom. The molecule has 1 saturated heterocycles. The molecule has 2 aromatic carbocycles. The fourth-order valence-corrected chi connectivity index (χ4v) is 3.75. The summed E-state index contributed by atoms with van der Waals surface area (Å²) in [5, 5.41) is 13.7. The van der Waals surface area contributed by atoms with E-state index < -0.39 is 29.3 Å². The van der Waals surface area contributed by atoms with E-state index in [1.54, 1.807) is 18.2 Å². The van der Waals surface area contributed by atoms with Crippen LogP contribution in [0.2, 0.25) is 0 Å². The number of esters is 1. The SMILES string of the molecule is COc1ccccc1C(=O)NC(=O)COC(=O)c1ccc(N2CCCC(C)C2)c([N+](=O)[O-])c1. The van der Waals surface area contributed by atoms with Crippen LogP contribution in [0.1, 0.15) is 40.5 Å². The van der Waals surface area contributed by atoms with E-state index in [9.17, 15) is 24.5 Å². The molecule has 174 valence electrons. The van der Waals surface area contributed by atoms with Gasteiger partial charge in [-0.2, -0.15) is 0 Å². The highest BCUT2D eigenvalue weighted by atomic mass is 16.6. The van der Waals surface area contributed by atoms with Crippen molar-refractivity contribution in [3.8, 4) is 5.75 Å². The van der Waals surface area contributed by atoms with Gasteiger partial charge in [-0.05, 0) is 43.0 Å². The van der Waals surface area contributed by atoms with Gasteiger partial charge >= 0.3 is 5.97 Å². The molecule has 1 heterocycles. The minimum atomic E-state index is -0.906. The van der Waals surface area contributed by atoms with Gasteiger partial charge in [-0.25, -0.2) is 4.79 Å². The van der Waals surface area contributed by atoms with E-state index in [1.165, 1.54) is 25.3 Å². The van der Waals surface area contributed by atoms with Crippen molar-refractivity contribution in [1.29, 1.82) is 0 Å². The monoisotopic (exact) mass is 455 g/mol. The van der Waals surface area contributed by atoms with Crippen LogP contribution in [0.25, 0.3) is 0 Å². The molecule has 1 N–H and O–H groups in total. The van der Waals surface area contributed by atoms with Crippen molar-refractivity contribution in [3.05, 3.63) is 63.7 Å². The molecule has 33 heavy (non-hydrogen) atoms. The van der Waals surface area contributed by atoms with Gasteiger partial charge in [0.25, 0.3) is 17.5 Å².